The molecule has 2 aromatic heterocycles. The molecule has 0 fully saturated rings. The third-order valence-electron chi connectivity index (χ3n) is 6.10. The standard InChI is InChI=1S/C27H15Br2NO2S/c1-30-23(14-5-3-2-4-6-14)13-25-24(30)12-17(33-25)11-20-26(31)18-7-15-9-21(28)22(29)10-16(15)8-19(18)27(20)32/h2-13H,1H3. The van der Waals surface area contributed by atoms with Gasteiger partial charge in [-0.05, 0) is 90.7 Å². The summed E-state index contributed by atoms with van der Waals surface area (Å²) in [5, 5.41) is 1.84. The van der Waals surface area contributed by atoms with E-state index in [1.807, 2.05) is 55.6 Å². The van der Waals surface area contributed by atoms with Crippen LogP contribution in [0.3, 0.4) is 0 Å². The first-order valence-electron chi connectivity index (χ1n) is 10.3. The van der Waals surface area contributed by atoms with Crippen molar-refractivity contribution in [2.75, 3.05) is 0 Å². The van der Waals surface area contributed by atoms with Crippen molar-refractivity contribution in [1.82, 2.24) is 4.57 Å². The number of nitrogens with zero attached hydrogens (tertiary/aromatic N) is 1. The van der Waals surface area contributed by atoms with Gasteiger partial charge >= 0.3 is 0 Å². The molecule has 160 valence electrons. The maximum Gasteiger partial charge on any atom is 0.197 e. The van der Waals surface area contributed by atoms with Gasteiger partial charge in [0.25, 0.3) is 0 Å². The quantitative estimate of drug-likeness (QED) is 0.157. The van der Waals surface area contributed by atoms with E-state index >= 15 is 0 Å². The molecule has 0 saturated heterocycles. The topological polar surface area (TPSA) is 39.1 Å². The molecule has 33 heavy (non-hydrogen) atoms. The molecule has 6 rings (SSSR count). The summed E-state index contributed by atoms with van der Waals surface area (Å²) in [6.45, 7) is 0. The molecular weight excluding hydrogens is 562 g/mol. The highest BCUT2D eigenvalue weighted by molar-refractivity contribution is 9.13. The average molecular weight is 577 g/mol. The van der Waals surface area contributed by atoms with Gasteiger partial charge in [0.05, 0.1) is 15.8 Å². The number of carbonyl (C=O) groups excluding carboxylic acids is 2. The monoisotopic (exact) mass is 575 g/mol. The Balaban J connectivity index is 1.42. The summed E-state index contributed by atoms with van der Waals surface area (Å²) in [5.41, 5.74) is 4.56. The zero-order valence-corrected chi connectivity index (χ0v) is 21.3. The van der Waals surface area contributed by atoms with Crippen LogP contribution in [0, 0.1) is 0 Å². The van der Waals surface area contributed by atoms with Crippen molar-refractivity contribution in [3.63, 3.8) is 0 Å². The van der Waals surface area contributed by atoms with Crippen molar-refractivity contribution in [2.45, 2.75) is 0 Å². The van der Waals surface area contributed by atoms with E-state index in [1.54, 1.807) is 17.4 Å². The Morgan fingerprint density at radius 2 is 1.42 bits per heavy atom. The summed E-state index contributed by atoms with van der Waals surface area (Å²) in [7, 11) is 2.04. The minimum Gasteiger partial charge on any atom is -0.343 e. The molecule has 0 aliphatic heterocycles. The van der Waals surface area contributed by atoms with Gasteiger partial charge in [0.15, 0.2) is 11.6 Å². The van der Waals surface area contributed by atoms with Crippen molar-refractivity contribution in [1.29, 1.82) is 0 Å². The largest absolute Gasteiger partial charge is 0.343 e. The van der Waals surface area contributed by atoms with Gasteiger partial charge in [-0.15, -0.1) is 11.3 Å². The average Bonchev–Trinajstić information content (AvgIpc) is 3.42. The second-order valence-electron chi connectivity index (χ2n) is 8.08. The number of allylic oxidation sites excluding steroid dienone is 1. The van der Waals surface area contributed by atoms with Gasteiger partial charge in [-0.25, -0.2) is 0 Å². The number of rotatable bonds is 2. The molecule has 0 unspecified atom stereocenters. The summed E-state index contributed by atoms with van der Waals surface area (Å²) < 4.78 is 5.09. The summed E-state index contributed by atoms with van der Waals surface area (Å²) in [6, 6.07) is 22.0. The van der Waals surface area contributed by atoms with E-state index in [2.05, 4.69) is 54.6 Å². The molecule has 3 nitrogen and oxygen atoms in total. The van der Waals surface area contributed by atoms with E-state index in [1.165, 1.54) is 0 Å². The zero-order valence-electron chi connectivity index (χ0n) is 17.4. The van der Waals surface area contributed by atoms with Crippen molar-refractivity contribution in [3.8, 4) is 11.3 Å². The lowest BCUT2D eigenvalue weighted by Crippen LogP contribution is -1.99. The maximum atomic E-state index is 13.2. The van der Waals surface area contributed by atoms with E-state index in [9.17, 15) is 9.59 Å². The Morgan fingerprint density at radius 3 is 2.00 bits per heavy atom. The Labute approximate surface area is 210 Å². The van der Waals surface area contributed by atoms with Crippen LogP contribution in [0.25, 0.3) is 38.3 Å². The van der Waals surface area contributed by atoms with Crippen LogP contribution in [0.4, 0.5) is 0 Å². The van der Waals surface area contributed by atoms with Crippen molar-refractivity contribution in [3.05, 3.63) is 97.3 Å². The normalized spacial score (nSPS) is 13.4. The molecule has 0 radical (unpaired) electrons. The number of benzene rings is 3. The number of hydrogen-bond acceptors (Lipinski definition) is 3. The summed E-state index contributed by atoms with van der Waals surface area (Å²) in [6.07, 6.45) is 1.74. The highest BCUT2D eigenvalue weighted by atomic mass is 79.9. The van der Waals surface area contributed by atoms with Crippen molar-refractivity contribution >= 4 is 81.8 Å². The molecule has 3 aromatic carbocycles. The number of halogens is 2. The first-order chi connectivity index (χ1) is 15.9. The van der Waals surface area contributed by atoms with Gasteiger partial charge in [0.1, 0.15) is 0 Å². The molecule has 1 aliphatic rings. The van der Waals surface area contributed by atoms with E-state index in [4.69, 9.17) is 0 Å². The van der Waals surface area contributed by atoms with Crippen molar-refractivity contribution in [2.24, 2.45) is 7.05 Å². The molecule has 0 bridgehead atoms. The van der Waals surface area contributed by atoms with Gasteiger partial charge in [0, 0.05) is 37.7 Å². The number of carbonyl (C=O) groups is 2. The number of aromatic nitrogens is 1. The number of thiophene rings is 1. The fourth-order valence-electron chi connectivity index (χ4n) is 4.42. The predicted molar refractivity (Wildman–Crippen MR) is 142 cm³/mol. The van der Waals surface area contributed by atoms with Crippen LogP contribution < -0.4 is 0 Å². The van der Waals surface area contributed by atoms with E-state index in [0.717, 1.165) is 46.1 Å². The fraction of sp³-hybridized carbons (Fsp3) is 0.0370. The fourth-order valence-corrected chi connectivity index (χ4v) is 6.22. The van der Waals surface area contributed by atoms with Crippen molar-refractivity contribution < 1.29 is 9.59 Å². The van der Waals surface area contributed by atoms with Crippen LogP contribution in [-0.2, 0) is 7.05 Å². The highest BCUT2D eigenvalue weighted by Crippen LogP contribution is 2.37. The van der Waals surface area contributed by atoms with Crippen LogP contribution in [0.2, 0.25) is 0 Å². The molecule has 0 saturated carbocycles. The lowest BCUT2D eigenvalue weighted by atomic mass is 10.0. The molecule has 5 aromatic rings. The number of Topliss-reactive ketones (excluding diaryl/α,β-unsaturated/α-hetero) is 2. The summed E-state index contributed by atoms with van der Waals surface area (Å²) in [4.78, 5) is 27.2. The van der Waals surface area contributed by atoms with Gasteiger partial charge in [-0.2, -0.15) is 0 Å². The Hall–Kier alpha value is -2.80. The second-order valence-corrected chi connectivity index (χ2v) is 10.9. The van der Waals surface area contributed by atoms with Crippen LogP contribution >= 0.6 is 43.2 Å². The van der Waals surface area contributed by atoms with E-state index in [0.29, 0.717) is 11.1 Å². The molecule has 1 aliphatic carbocycles. The maximum absolute atomic E-state index is 13.2. The number of ketones is 2. The molecule has 0 spiro atoms. The number of hydrogen-bond donors (Lipinski definition) is 0. The first-order valence-corrected chi connectivity index (χ1v) is 12.7. The minimum absolute atomic E-state index is 0.210. The third kappa shape index (κ3) is 3.28. The zero-order chi connectivity index (χ0) is 22.9. The van der Waals surface area contributed by atoms with Gasteiger partial charge < -0.3 is 4.57 Å². The first kappa shape index (κ1) is 20.8. The van der Waals surface area contributed by atoms with E-state index < -0.39 is 0 Å². The smallest absolute Gasteiger partial charge is 0.197 e. The van der Waals surface area contributed by atoms with Gasteiger partial charge in [-0.3, -0.25) is 9.59 Å². The van der Waals surface area contributed by atoms with Crippen LogP contribution in [0.15, 0.2) is 81.2 Å². The van der Waals surface area contributed by atoms with Crippen LogP contribution in [-0.4, -0.2) is 16.1 Å². The minimum atomic E-state index is -0.210. The summed E-state index contributed by atoms with van der Waals surface area (Å²) in [5.74, 6) is -0.420. The van der Waals surface area contributed by atoms with Crippen LogP contribution in [0.5, 0.6) is 0 Å². The van der Waals surface area contributed by atoms with E-state index in [-0.39, 0.29) is 17.1 Å². The molecule has 0 amide bonds. The number of fused-ring (bicyclic) bond motifs is 3. The lowest BCUT2D eigenvalue weighted by Gasteiger charge is -2.04. The molecule has 0 N–H and O–H groups in total. The summed E-state index contributed by atoms with van der Waals surface area (Å²) >= 11 is 8.61. The lowest BCUT2D eigenvalue weighted by molar-refractivity contribution is 0.0990. The Morgan fingerprint density at radius 1 is 0.818 bits per heavy atom. The molecule has 2 heterocycles. The predicted octanol–water partition coefficient (Wildman–Crippen LogP) is 8.05. The van der Waals surface area contributed by atoms with Gasteiger partial charge in [0.2, 0.25) is 0 Å². The highest BCUT2D eigenvalue weighted by Gasteiger charge is 2.33. The number of aryl methyl sites for hydroxylation is 1. The SMILES string of the molecule is Cn1c(-c2ccccc2)cc2sc(C=C3C(=O)c4cc5cc(Br)c(Br)cc5cc4C3=O)cc21. The second kappa shape index (κ2) is 7.62. The molecule has 6 heteroatoms. The Bertz CT molecular complexity index is 1610. The van der Waals surface area contributed by atoms with Gasteiger partial charge in [-0.1, -0.05) is 30.3 Å². The van der Waals surface area contributed by atoms with Crippen LogP contribution in [0.1, 0.15) is 25.6 Å². The third-order valence-corrected chi connectivity index (χ3v) is 8.96. The Kier molecular flexibility index (Phi) is 4.80. The molecule has 0 atom stereocenters. The molecular formula is C27H15Br2NO2S.